The molecule has 26 heavy (non-hydrogen) atoms. The quantitative estimate of drug-likeness (QED) is 0.362. The molecule has 1 heterocycles. The lowest BCUT2D eigenvalue weighted by Gasteiger charge is -2.27. The molecular formula is C20H35IN4O. The summed E-state index contributed by atoms with van der Waals surface area (Å²) >= 11 is 0. The molecule has 0 amide bonds. The summed E-state index contributed by atoms with van der Waals surface area (Å²) in [6.07, 6.45) is 2.21. The first-order valence-electron chi connectivity index (χ1n) is 9.32. The van der Waals surface area contributed by atoms with E-state index in [9.17, 15) is 0 Å². The highest BCUT2D eigenvalue weighted by Gasteiger charge is 2.29. The molecule has 5 nitrogen and oxygen atoms in total. The molecule has 0 bridgehead atoms. The largest absolute Gasteiger partial charge is 0.373 e. The van der Waals surface area contributed by atoms with Crippen LogP contribution < -0.4 is 10.6 Å². The molecule has 1 aromatic rings. The second-order valence-corrected chi connectivity index (χ2v) is 7.37. The number of rotatable bonds is 7. The Morgan fingerprint density at radius 3 is 2.50 bits per heavy atom. The van der Waals surface area contributed by atoms with E-state index in [0.717, 1.165) is 38.5 Å². The highest BCUT2D eigenvalue weighted by Crippen LogP contribution is 2.25. The third-order valence-corrected chi connectivity index (χ3v) is 4.76. The first kappa shape index (κ1) is 23.2. The molecule has 0 aromatic heterocycles. The van der Waals surface area contributed by atoms with Gasteiger partial charge in [0.2, 0.25) is 0 Å². The Morgan fingerprint density at radius 2 is 1.96 bits per heavy atom. The minimum atomic E-state index is -0.111. The molecule has 1 aliphatic heterocycles. The van der Waals surface area contributed by atoms with Gasteiger partial charge in [-0.1, -0.05) is 29.8 Å². The summed E-state index contributed by atoms with van der Waals surface area (Å²) in [5, 5.41) is 6.84. The van der Waals surface area contributed by atoms with Crippen molar-refractivity contribution in [2.45, 2.75) is 45.3 Å². The minimum Gasteiger partial charge on any atom is -0.373 e. The van der Waals surface area contributed by atoms with Crippen LogP contribution in [0, 0.1) is 6.92 Å². The van der Waals surface area contributed by atoms with Crippen molar-refractivity contribution in [1.29, 1.82) is 0 Å². The van der Waals surface area contributed by atoms with E-state index in [0.29, 0.717) is 12.6 Å². The molecule has 2 rings (SSSR count). The van der Waals surface area contributed by atoms with E-state index < -0.39 is 0 Å². The number of nitrogens with one attached hydrogen (secondary N) is 2. The molecule has 1 aliphatic rings. The summed E-state index contributed by atoms with van der Waals surface area (Å²) in [7, 11) is 4.23. The zero-order valence-electron chi connectivity index (χ0n) is 16.8. The van der Waals surface area contributed by atoms with Gasteiger partial charge < -0.3 is 20.3 Å². The number of aryl methyl sites for hydroxylation is 1. The van der Waals surface area contributed by atoms with Crippen molar-refractivity contribution in [3.63, 3.8) is 0 Å². The van der Waals surface area contributed by atoms with Crippen molar-refractivity contribution in [1.82, 2.24) is 15.5 Å². The van der Waals surface area contributed by atoms with Crippen LogP contribution in [0.1, 0.15) is 43.9 Å². The van der Waals surface area contributed by atoms with Crippen molar-refractivity contribution in [2.24, 2.45) is 4.99 Å². The van der Waals surface area contributed by atoms with E-state index >= 15 is 0 Å². The Bertz CT molecular complexity index is 553. The molecule has 6 heteroatoms. The number of ether oxygens (including phenoxy) is 1. The second-order valence-electron chi connectivity index (χ2n) is 7.37. The van der Waals surface area contributed by atoms with E-state index in [2.05, 4.69) is 74.7 Å². The molecule has 2 N–H and O–H groups in total. The molecule has 1 aromatic carbocycles. The Kier molecular flexibility index (Phi) is 9.89. The Morgan fingerprint density at radius 1 is 1.27 bits per heavy atom. The van der Waals surface area contributed by atoms with E-state index in [4.69, 9.17) is 9.73 Å². The molecule has 0 radical (unpaired) electrons. The van der Waals surface area contributed by atoms with Crippen LogP contribution in [0.3, 0.4) is 0 Å². The van der Waals surface area contributed by atoms with Crippen LogP contribution in [-0.2, 0) is 4.74 Å². The fourth-order valence-electron chi connectivity index (χ4n) is 3.13. The Hall–Kier alpha value is -0.860. The first-order chi connectivity index (χ1) is 11.9. The number of halogens is 1. The molecule has 1 fully saturated rings. The zero-order chi connectivity index (χ0) is 18.3. The highest BCUT2D eigenvalue weighted by atomic mass is 127. The summed E-state index contributed by atoms with van der Waals surface area (Å²) in [5.74, 6) is 0.859. The Labute approximate surface area is 176 Å². The summed E-state index contributed by atoms with van der Waals surface area (Å²) in [6.45, 7) is 9.57. The lowest BCUT2D eigenvalue weighted by molar-refractivity contribution is 0.0283. The number of nitrogens with zero attached hydrogens (tertiary/aromatic N) is 2. The van der Waals surface area contributed by atoms with Gasteiger partial charge in [0.1, 0.15) is 0 Å². The number of guanidine groups is 1. The number of hydrogen-bond donors (Lipinski definition) is 2. The van der Waals surface area contributed by atoms with Crippen molar-refractivity contribution in [3.05, 3.63) is 35.4 Å². The second kappa shape index (κ2) is 11.1. The maximum atomic E-state index is 5.84. The van der Waals surface area contributed by atoms with E-state index in [1.807, 2.05) is 0 Å². The van der Waals surface area contributed by atoms with Crippen LogP contribution in [0.2, 0.25) is 0 Å². The van der Waals surface area contributed by atoms with Gasteiger partial charge >= 0.3 is 0 Å². The third kappa shape index (κ3) is 7.04. The van der Waals surface area contributed by atoms with Gasteiger partial charge in [-0.15, -0.1) is 24.0 Å². The highest BCUT2D eigenvalue weighted by molar-refractivity contribution is 14.0. The van der Waals surface area contributed by atoms with Crippen LogP contribution >= 0.6 is 24.0 Å². The van der Waals surface area contributed by atoms with E-state index in [1.54, 1.807) is 0 Å². The lowest BCUT2D eigenvalue weighted by Crippen LogP contribution is -2.42. The van der Waals surface area contributed by atoms with Crippen LogP contribution in [0.15, 0.2) is 29.3 Å². The molecule has 148 valence electrons. The predicted octanol–water partition coefficient (Wildman–Crippen LogP) is 3.34. The minimum absolute atomic E-state index is 0. The van der Waals surface area contributed by atoms with Crippen molar-refractivity contribution in [2.75, 3.05) is 40.3 Å². The molecule has 2 atom stereocenters. The van der Waals surface area contributed by atoms with Gasteiger partial charge in [0.25, 0.3) is 0 Å². The number of likely N-dealkylation sites (N-methyl/N-ethyl adjacent to an activating group) is 1. The first-order valence-corrected chi connectivity index (χ1v) is 9.32. The maximum Gasteiger partial charge on any atom is 0.191 e. The van der Waals surface area contributed by atoms with E-state index in [1.165, 1.54) is 11.1 Å². The van der Waals surface area contributed by atoms with Crippen LogP contribution in [-0.4, -0.2) is 56.8 Å². The fourth-order valence-corrected chi connectivity index (χ4v) is 3.13. The molecule has 0 spiro atoms. The third-order valence-electron chi connectivity index (χ3n) is 4.76. The van der Waals surface area contributed by atoms with Crippen LogP contribution in [0.5, 0.6) is 0 Å². The zero-order valence-corrected chi connectivity index (χ0v) is 19.2. The normalized spacial score (nSPS) is 21.4. The summed E-state index contributed by atoms with van der Waals surface area (Å²) in [4.78, 5) is 7.00. The van der Waals surface area contributed by atoms with Gasteiger partial charge in [0.15, 0.2) is 5.96 Å². The van der Waals surface area contributed by atoms with Crippen molar-refractivity contribution >= 4 is 29.9 Å². The smallest absolute Gasteiger partial charge is 0.191 e. The SMILES string of the molecule is CCNC(=NCC1(C)CCCO1)NCC(c1ccc(C)cc1)N(C)C.I. The van der Waals surface area contributed by atoms with Crippen LogP contribution in [0.4, 0.5) is 0 Å². The number of benzene rings is 1. The fraction of sp³-hybridized carbons (Fsp3) is 0.650. The molecule has 2 unspecified atom stereocenters. The monoisotopic (exact) mass is 474 g/mol. The number of hydrogen-bond acceptors (Lipinski definition) is 3. The summed E-state index contributed by atoms with van der Waals surface area (Å²) in [5.41, 5.74) is 2.49. The molecule has 1 saturated heterocycles. The molecule has 0 aliphatic carbocycles. The van der Waals surface area contributed by atoms with E-state index in [-0.39, 0.29) is 29.6 Å². The average molecular weight is 474 g/mol. The lowest BCUT2D eigenvalue weighted by atomic mass is 10.0. The van der Waals surface area contributed by atoms with Gasteiger partial charge in [0.05, 0.1) is 18.2 Å². The standard InChI is InChI=1S/C20H34N4O.HI/c1-6-21-19(23-15-20(3)12-7-13-25-20)22-14-18(24(4)5)17-10-8-16(2)9-11-17;/h8-11,18H,6-7,12-15H2,1-5H3,(H2,21,22,23);1H. The summed E-state index contributed by atoms with van der Waals surface area (Å²) in [6, 6.07) is 9.05. The maximum absolute atomic E-state index is 5.84. The van der Waals surface area contributed by atoms with Gasteiger partial charge in [-0.05, 0) is 53.3 Å². The van der Waals surface area contributed by atoms with Gasteiger partial charge in [-0.3, -0.25) is 4.99 Å². The topological polar surface area (TPSA) is 48.9 Å². The van der Waals surface area contributed by atoms with Crippen molar-refractivity contribution < 1.29 is 4.74 Å². The van der Waals surface area contributed by atoms with Gasteiger partial charge in [-0.25, -0.2) is 0 Å². The van der Waals surface area contributed by atoms with Gasteiger partial charge in [0, 0.05) is 19.7 Å². The van der Waals surface area contributed by atoms with Gasteiger partial charge in [-0.2, -0.15) is 0 Å². The average Bonchev–Trinajstić information content (AvgIpc) is 3.01. The van der Waals surface area contributed by atoms with Crippen molar-refractivity contribution in [3.8, 4) is 0 Å². The predicted molar refractivity (Wildman–Crippen MR) is 121 cm³/mol. The Balaban J connectivity index is 0.00000338. The molecule has 0 saturated carbocycles. The summed E-state index contributed by atoms with van der Waals surface area (Å²) < 4.78 is 5.84. The number of aliphatic imine (C=N–C) groups is 1. The molecular weight excluding hydrogens is 439 g/mol. The van der Waals surface area contributed by atoms with Crippen LogP contribution in [0.25, 0.3) is 0 Å².